The van der Waals surface area contributed by atoms with Crippen molar-refractivity contribution in [3.63, 3.8) is 0 Å². The molecule has 1 N–H and O–H groups in total. The molecule has 0 radical (unpaired) electrons. The monoisotopic (exact) mass is 363 g/mol. The molecule has 0 saturated carbocycles. The number of rotatable bonds is 5. The average molecular weight is 363 g/mol. The Labute approximate surface area is 142 Å². The molecule has 2 heterocycles. The number of benzene rings is 1. The van der Waals surface area contributed by atoms with Crippen LogP contribution >= 0.6 is 23.1 Å². The molecular weight excluding hydrogens is 350 g/mol. The van der Waals surface area contributed by atoms with Crippen molar-refractivity contribution in [2.75, 3.05) is 11.0 Å². The number of aromatic nitrogens is 2. The van der Waals surface area contributed by atoms with Gasteiger partial charge in [0.05, 0.1) is 16.9 Å². The van der Waals surface area contributed by atoms with Crippen LogP contribution in [-0.2, 0) is 10.0 Å². The molecular formula is C15H13N3O2S3. The molecule has 0 aliphatic carbocycles. The molecule has 0 atom stereocenters. The van der Waals surface area contributed by atoms with E-state index in [1.807, 2.05) is 36.6 Å². The van der Waals surface area contributed by atoms with E-state index in [-0.39, 0.29) is 4.21 Å². The summed E-state index contributed by atoms with van der Waals surface area (Å²) >= 11 is 2.59. The van der Waals surface area contributed by atoms with Crippen molar-refractivity contribution in [2.45, 2.75) is 9.24 Å². The highest BCUT2D eigenvalue weighted by molar-refractivity contribution is 7.98. The molecule has 5 nitrogen and oxygen atoms in total. The van der Waals surface area contributed by atoms with E-state index in [1.165, 1.54) is 18.0 Å². The van der Waals surface area contributed by atoms with Crippen molar-refractivity contribution in [3.05, 3.63) is 54.9 Å². The lowest BCUT2D eigenvalue weighted by molar-refractivity contribution is 0.603. The van der Waals surface area contributed by atoms with E-state index in [2.05, 4.69) is 14.7 Å². The topological polar surface area (TPSA) is 72.0 Å². The Hall–Kier alpha value is -1.90. The molecule has 0 unspecified atom stereocenters. The number of pyridine rings is 1. The lowest BCUT2D eigenvalue weighted by atomic mass is 10.2. The molecule has 0 bridgehead atoms. The number of nitrogens with one attached hydrogen (secondary N) is 1. The molecule has 23 heavy (non-hydrogen) atoms. The van der Waals surface area contributed by atoms with Gasteiger partial charge < -0.3 is 0 Å². The van der Waals surface area contributed by atoms with Gasteiger partial charge >= 0.3 is 0 Å². The summed E-state index contributed by atoms with van der Waals surface area (Å²) < 4.78 is 27.7. The van der Waals surface area contributed by atoms with Crippen LogP contribution in [0.25, 0.3) is 10.6 Å². The Morgan fingerprint density at radius 3 is 2.65 bits per heavy atom. The number of thiazole rings is 1. The normalized spacial score (nSPS) is 11.3. The van der Waals surface area contributed by atoms with Gasteiger partial charge in [0.2, 0.25) is 0 Å². The van der Waals surface area contributed by atoms with E-state index in [0.29, 0.717) is 10.7 Å². The molecule has 0 amide bonds. The summed E-state index contributed by atoms with van der Waals surface area (Å²) in [6.45, 7) is 0. The zero-order chi connectivity index (χ0) is 16.3. The molecule has 0 aliphatic heterocycles. The first-order valence-corrected chi connectivity index (χ1v) is 10.1. The molecule has 1 aromatic carbocycles. The van der Waals surface area contributed by atoms with E-state index in [9.17, 15) is 8.42 Å². The number of hydrogen-bond donors (Lipinski definition) is 1. The third-order valence-electron chi connectivity index (χ3n) is 2.97. The minimum Gasteiger partial charge on any atom is -0.279 e. The van der Waals surface area contributed by atoms with Gasteiger partial charge in [-0.1, -0.05) is 30.3 Å². The number of nitrogens with zero attached hydrogens (tertiary/aromatic N) is 2. The summed E-state index contributed by atoms with van der Waals surface area (Å²) in [7, 11) is -3.66. The van der Waals surface area contributed by atoms with Gasteiger partial charge in [0.25, 0.3) is 10.0 Å². The Kier molecular flexibility index (Phi) is 4.65. The maximum atomic E-state index is 12.5. The summed E-state index contributed by atoms with van der Waals surface area (Å²) in [6.07, 6.45) is 4.84. The predicted molar refractivity (Wildman–Crippen MR) is 94.4 cm³/mol. The Balaban J connectivity index is 1.87. The smallest absolute Gasteiger partial charge is 0.273 e. The maximum absolute atomic E-state index is 12.5. The van der Waals surface area contributed by atoms with E-state index < -0.39 is 10.0 Å². The third kappa shape index (κ3) is 3.72. The summed E-state index contributed by atoms with van der Waals surface area (Å²) in [5, 5.41) is 1.42. The zero-order valence-electron chi connectivity index (χ0n) is 12.1. The molecule has 8 heteroatoms. The van der Waals surface area contributed by atoms with Gasteiger partial charge in [0.1, 0.15) is 5.01 Å². The second kappa shape index (κ2) is 6.69. The van der Waals surface area contributed by atoms with Crippen molar-refractivity contribution in [3.8, 4) is 10.6 Å². The van der Waals surface area contributed by atoms with Crippen LogP contribution in [0.3, 0.4) is 0 Å². The van der Waals surface area contributed by atoms with Crippen LogP contribution < -0.4 is 4.72 Å². The highest BCUT2D eigenvalue weighted by Gasteiger charge is 2.19. The van der Waals surface area contributed by atoms with Gasteiger partial charge in [-0.15, -0.1) is 23.1 Å². The molecule has 118 valence electrons. The second-order valence-electron chi connectivity index (χ2n) is 4.54. The lowest BCUT2D eigenvalue weighted by Crippen LogP contribution is -2.11. The van der Waals surface area contributed by atoms with Gasteiger partial charge in [-0.3, -0.25) is 4.72 Å². The molecule has 2 aromatic heterocycles. The SMILES string of the molecule is CSc1cc(NS(=O)(=O)c2cnc(-c3ccccc3)s2)ccn1. The van der Waals surface area contributed by atoms with Crippen molar-refractivity contribution in [2.24, 2.45) is 0 Å². The van der Waals surface area contributed by atoms with Crippen molar-refractivity contribution < 1.29 is 8.42 Å². The molecule has 0 spiro atoms. The van der Waals surface area contributed by atoms with Crippen LogP contribution in [0.1, 0.15) is 0 Å². The van der Waals surface area contributed by atoms with Gasteiger partial charge in [0.15, 0.2) is 4.21 Å². The standard InChI is InChI=1S/C15H13N3O2S3/c1-21-13-9-12(7-8-16-13)18-23(19,20)14-10-17-15(22-14)11-5-3-2-4-6-11/h2-10H,1H3,(H,16,18). The second-order valence-corrected chi connectivity index (χ2v) is 8.31. The predicted octanol–water partition coefficient (Wildman–Crippen LogP) is 3.73. The van der Waals surface area contributed by atoms with Crippen LogP contribution in [0, 0.1) is 0 Å². The first kappa shape index (κ1) is 16.0. The molecule has 0 aliphatic rings. The number of sulfonamides is 1. The lowest BCUT2D eigenvalue weighted by Gasteiger charge is -2.06. The van der Waals surface area contributed by atoms with Crippen molar-refractivity contribution in [1.29, 1.82) is 0 Å². The molecule has 0 saturated heterocycles. The Bertz CT molecular complexity index is 908. The maximum Gasteiger partial charge on any atom is 0.273 e. The van der Waals surface area contributed by atoms with Gasteiger partial charge in [-0.2, -0.15) is 0 Å². The van der Waals surface area contributed by atoms with Crippen LogP contribution in [-0.4, -0.2) is 24.6 Å². The Morgan fingerprint density at radius 1 is 1.13 bits per heavy atom. The molecule has 3 aromatic rings. The summed E-state index contributed by atoms with van der Waals surface area (Å²) in [5.74, 6) is 0. The van der Waals surface area contributed by atoms with Crippen molar-refractivity contribution >= 4 is 38.8 Å². The van der Waals surface area contributed by atoms with Crippen LogP contribution in [0.15, 0.2) is 64.1 Å². The van der Waals surface area contributed by atoms with Gasteiger partial charge in [-0.05, 0) is 18.4 Å². The van der Waals surface area contributed by atoms with Crippen LogP contribution in [0.4, 0.5) is 5.69 Å². The average Bonchev–Trinajstić information content (AvgIpc) is 3.06. The first-order valence-electron chi connectivity index (χ1n) is 6.62. The third-order valence-corrected chi connectivity index (χ3v) is 6.50. The zero-order valence-corrected chi connectivity index (χ0v) is 14.6. The molecule has 3 rings (SSSR count). The summed E-state index contributed by atoms with van der Waals surface area (Å²) in [5.41, 5.74) is 1.38. The highest BCUT2D eigenvalue weighted by Crippen LogP contribution is 2.29. The van der Waals surface area contributed by atoms with E-state index in [4.69, 9.17) is 0 Å². The quantitative estimate of drug-likeness (QED) is 0.699. The number of thioether (sulfide) groups is 1. The minimum atomic E-state index is -3.66. The van der Waals surface area contributed by atoms with E-state index >= 15 is 0 Å². The van der Waals surface area contributed by atoms with Gasteiger partial charge in [-0.25, -0.2) is 18.4 Å². The largest absolute Gasteiger partial charge is 0.279 e. The fourth-order valence-electron chi connectivity index (χ4n) is 1.89. The first-order chi connectivity index (χ1) is 11.1. The Morgan fingerprint density at radius 2 is 1.91 bits per heavy atom. The van der Waals surface area contributed by atoms with Crippen molar-refractivity contribution in [1.82, 2.24) is 9.97 Å². The minimum absolute atomic E-state index is 0.180. The van der Waals surface area contributed by atoms with Crippen LogP contribution in [0.2, 0.25) is 0 Å². The van der Waals surface area contributed by atoms with E-state index in [1.54, 1.807) is 18.3 Å². The molecule has 0 fully saturated rings. The summed E-state index contributed by atoms with van der Waals surface area (Å²) in [4.78, 5) is 8.33. The van der Waals surface area contributed by atoms with E-state index in [0.717, 1.165) is 21.9 Å². The summed E-state index contributed by atoms with van der Waals surface area (Å²) in [6, 6.07) is 12.8. The fraction of sp³-hybridized carbons (Fsp3) is 0.0667. The van der Waals surface area contributed by atoms with Crippen LogP contribution in [0.5, 0.6) is 0 Å². The number of hydrogen-bond acceptors (Lipinski definition) is 6. The fourth-order valence-corrected chi connectivity index (χ4v) is 4.48. The van der Waals surface area contributed by atoms with Gasteiger partial charge in [0, 0.05) is 11.8 Å². The highest BCUT2D eigenvalue weighted by atomic mass is 32.2. The number of anilines is 1.